The maximum atomic E-state index is 12.4. The van der Waals surface area contributed by atoms with Crippen LogP contribution in [0.15, 0.2) is 12.1 Å². The van der Waals surface area contributed by atoms with E-state index in [0.717, 1.165) is 4.31 Å². The van der Waals surface area contributed by atoms with Crippen LogP contribution in [0, 0.1) is 0 Å². The summed E-state index contributed by atoms with van der Waals surface area (Å²) in [5.74, 6) is -0.506. The lowest BCUT2D eigenvalue weighted by atomic mass is 10.0. The molecule has 0 aromatic carbocycles. The average Bonchev–Trinajstić information content (AvgIpc) is 2.67. The van der Waals surface area contributed by atoms with E-state index in [-0.39, 0.29) is 29.1 Å². The second kappa shape index (κ2) is 5.09. The van der Waals surface area contributed by atoms with E-state index in [2.05, 4.69) is 4.98 Å². The van der Waals surface area contributed by atoms with Gasteiger partial charge in [0, 0.05) is 6.54 Å². The van der Waals surface area contributed by atoms with Gasteiger partial charge in [0.2, 0.25) is 10.0 Å². The standard InChI is InChI=1S/C12H15ClN2O3S/c1-8(2)9-4-5-10(13)14-11(9)12(16)15-6-3-7-19(15,17)18/h4-5,8H,3,6-7H2,1-2H3. The van der Waals surface area contributed by atoms with Gasteiger partial charge in [-0.2, -0.15) is 0 Å². The Balaban J connectivity index is 2.47. The third kappa shape index (κ3) is 2.74. The fourth-order valence-electron chi connectivity index (χ4n) is 2.07. The molecule has 0 saturated carbocycles. The molecule has 0 N–H and O–H groups in total. The van der Waals surface area contributed by atoms with E-state index < -0.39 is 15.9 Å². The number of hydrogen-bond donors (Lipinski definition) is 0. The summed E-state index contributed by atoms with van der Waals surface area (Å²) in [4.78, 5) is 16.4. The van der Waals surface area contributed by atoms with Gasteiger partial charge in [-0.15, -0.1) is 0 Å². The molecule has 1 fully saturated rings. The highest BCUT2D eigenvalue weighted by atomic mass is 35.5. The summed E-state index contributed by atoms with van der Waals surface area (Å²) in [5, 5.41) is 0.185. The van der Waals surface area contributed by atoms with Crippen LogP contribution in [0.25, 0.3) is 0 Å². The van der Waals surface area contributed by atoms with Crippen molar-refractivity contribution in [3.05, 3.63) is 28.5 Å². The molecule has 1 saturated heterocycles. The molecule has 2 heterocycles. The van der Waals surface area contributed by atoms with Crippen LogP contribution in [0.2, 0.25) is 5.15 Å². The third-order valence-corrected chi connectivity index (χ3v) is 5.08. The van der Waals surface area contributed by atoms with Crippen molar-refractivity contribution in [1.82, 2.24) is 9.29 Å². The number of carbonyl (C=O) groups excluding carboxylic acids is 1. The number of hydrogen-bond acceptors (Lipinski definition) is 4. The van der Waals surface area contributed by atoms with Gasteiger partial charge in [-0.25, -0.2) is 17.7 Å². The summed E-state index contributed by atoms with van der Waals surface area (Å²) < 4.78 is 24.5. The van der Waals surface area contributed by atoms with Crippen molar-refractivity contribution in [3.8, 4) is 0 Å². The van der Waals surface area contributed by atoms with Gasteiger partial charge in [0.15, 0.2) is 0 Å². The molecule has 0 aliphatic carbocycles. The summed E-state index contributed by atoms with van der Waals surface area (Å²) in [5.41, 5.74) is 0.837. The van der Waals surface area contributed by atoms with Crippen LogP contribution in [0.5, 0.6) is 0 Å². The number of rotatable bonds is 2. The number of aromatic nitrogens is 1. The van der Waals surface area contributed by atoms with Gasteiger partial charge in [0.1, 0.15) is 10.8 Å². The molecular formula is C12H15ClN2O3S. The van der Waals surface area contributed by atoms with Crippen LogP contribution >= 0.6 is 11.6 Å². The Morgan fingerprint density at radius 3 is 2.63 bits per heavy atom. The molecule has 0 bridgehead atoms. The molecule has 1 aromatic heterocycles. The van der Waals surface area contributed by atoms with E-state index in [1.165, 1.54) is 0 Å². The van der Waals surface area contributed by atoms with Crippen LogP contribution in [0.4, 0.5) is 0 Å². The topological polar surface area (TPSA) is 67.3 Å². The number of carbonyl (C=O) groups is 1. The van der Waals surface area contributed by atoms with Crippen molar-refractivity contribution in [2.24, 2.45) is 0 Å². The fourth-order valence-corrected chi connectivity index (χ4v) is 3.68. The van der Waals surface area contributed by atoms with Gasteiger partial charge in [-0.05, 0) is 24.0 Å². The number of nitrogens with zero attached hydrogens (tertiary/aromatic N) is 2. The normalized spacial score (nSPS) is 18.0. The van der Waals surface area contributed by atoms with Crippen molar-refractivity contribution in [2.45, 2.75) is 26.2 Å². The predicted octanol–water partition coefficient (Wildman–Crippen LogP) is 2.03. The molecule has 104 valence electrons. The predicted molar refractivity (Wildman–Crippen MR) is 72.8 cm³/mol. The van der Waals surface area contributed by atoms with Crippen LogP contribution in [0.3, 0.4) is 0 Å². The minimum atomic E-state index is -3.49. The maximum absolute atomic E-state index is 12.4. The number of sulfonamides is 1. The van der Waals surface area contributed by atoms with Crippen LogP contribution in [0.1, 0.15) is 42.2 Å². The molecule has 0 atom stereocenters. The van der Waals surface area contributed by atoms with E-state index in [9.17, 15) is 13.2 Å². The van der Waals surface area contributed by atoms with Gasteiger partial charge >= 0.3 is 0 Å². The molecule has 1 aliphatic rings. The number of pyridine rings is 1. The summed E-state index contributed by atoms with van der Waals surface area (Å²) in [6.45, 7) is 4.05. The molecule has 1 amide bonds. The number of halogens is 1. The zero-order valence-corrected chi connectivity index (χ0v) is 12.3. The molecule has 5 nitrogen and oxygen atoms in total. The molecular weight excluding hydrogens is 288 g/mol. The average molecular weight is 303 g/mol. The van der Waals surface area contributed by atoms with Gasteiger partial charge in [-0.1, -0.05) is 31.5 Å². The van der Waals surface area contributed by atoms with Crippen molar-refractivity contribution in [2.75, 3.05) is 12.3 Å². The quantitative estimate of drug-likeness (QED) is 0.784. The Morgan fingerprint density at radius 2 is 2.11 bits per heavy atom. The van der Waals surface area contributed by atoms with E-state index in [1.807, 2.05) is 13.8 Å². The van der Waals surface area contributed by atoms with E-state index in [1.54, 1.807) is 12.1 Å². The van der Waals surface area contributed by atoms with Gasteiger partial charge in [0.25, 0.3) is 5.91 Å². The lowest BCUT2D eigenvalue weighted by molar-refractivity contribution is 0.0863. The van der Waals surface area contributed by atoms with Crippen molar-refractivity contribution in [3.63, 3.8) is 0 Å². The molecule has 19 heavy (non-hydrogen) atoms. The van der Waals surface area contributed by atoms with Crippen LogP contribution in [-0.4, -0.2) is 35.9 Å². The van der Waals surface area contributed by atoms with E-state index >= 15 is 0 Å². The van der Waals surface area contributed by atoms with Crippen molar-refractivity contribution in [1.29, 1.82) is 0 Å². The lowest BCUT2D eigenvalue weighted by Crippen LogP contribution is -2.34. The first kappa shape index (κ1) is 14.3. The second-order valence-corrected chi connectivity index (χ2v) is 7.17. The smallest absolute Gasteiger partial charge is 0.266 e. The highest BCUT2D eigenvalue weighted by Gasteiger charge is 2.35. The summed E-state index contributed by atoms with van der Waals surface area (Å²) in [6.07, 6.45) is 0.464. The first-order chi connectivity index (χ1) is 8.83. The van der Waals surface area contributed by atoms with Crippen LogP contribution < -0.4 is 0 Å². The summed E-state index contributed by atoms with van der Waals surface area (Å²) in [7, 11) is -3.49. The molecule has 1 aliphatic heterocycles. The largest absolute Gasteiger partial charge is 0.286 e. The first-order valence-corrected chi connectivity index (χ1v) is 8.03. The molecule has 7 heteroatoms. The Bertz CT molecular complexity index is 613. The number of amides is 1. The first-order valence-electron chi connectivity index (χ1n) is 6.04. The Labute approximate surface area is 117 Å². The Morgan fingerprint density at radius 1 is 1.42 bits per heavy atom. The summed E-state index contributed by atoms with van der Waals surface area (Å²) in [6, 6.07) is 3.32. The minimum Gasteiger partial charge on any atom is -0.266 e. The Hall–Kier alpha value is -1.14. The molecule has 2 rings (SSSR count). The van der Waals surface area contributed by atoms with Crippen molar-refractivity contribution >= 4 is 27.5 Å². The monoisotopic (exact) mass is 302 g/mol. The Kier molecular flexibility index (Phi) is 3.82. The minimum absolute atomic E-state index is 0.0102. The molecule has 1 aromatic rings. The van der Waals surface area contributed by atoms with Gasteiger partial charge in [0.05, 0.1) is 5.75 Å². The lowest BCUT2D eigenvalue weighted by Gasteiger charge is -2.17. The SMILES string of the molecule is CC(C)c1ccc(Cl)nc1C(=O)N1CCCS1(=O)=O. The van der Waals surface area contributed by atoms with Gasteiger partial charge < -0.3 is 0 Å². The van der Waals surface area contributed by atoms with Crippen molar-refractivity contribution < 1.29 is 13.2 Å². The second-order valence-electron chi connectivity index (χ2n) is 4.77. The van der Waals surface area contributed by atoms with E-state index in [0.29, 0.717) is 12.0 Å². The third-order valence-electron chi connectivity index (χ3n) is 3.04. The molecule has 0 radical (unpaired) electrons. The van der Waals surface area contributed by atoms with Crippen LogP contribution in [-0.2, 0) is 10.0 Å². The highest BCUT2D eigenvalue weighted by Crippen LogP contribution is 2.24. The van der Waals surface area contributed by atoms with Gasteiger partial charge in [-0.3, -0.25) is 4.79 Å². The zero-order chi connectivity index (χ0) is 14.2. The molecule has 0 unspecified atom stereocenters. The molecule has 0 spiro atoms. The van der Waals surface area contributed by atoms with E-state index in [4.69, 9.17) is 11.6 Å². The summed E-state index contributed by atoms with van der Waals surface area (Å²) >= 11 is 5.81. The zero-order valence-electron chi connectivity index (χ0n) is 10.8. The fraction of sp³-hybridized carbons (Fsp3) is 0.500. The highest BCUT2D eigenvalue weighted by molar-refractivity contribution is 7.89. The maximum Gasteiger partial charge on any atom is 0.286 e.